The van der Waals surface area contributed by atoms with Crippen molar-refractivity contribution in [2.75, 3.05) is 36.5 Å². The molecule has 1 saturated heterocycles. The minimum absolute atomic E-state index is 0.164. The second-order valence-corrected chi connectivity index (χ2v) is 7.79. The van der Waals surface area contributed by atoms with Crippen molar-refractivity contribution in [2.45, 2.75) is 6.42 Å². The fourth-order valence-electron chi connectivity index (χ4n) is 2.41. The molecule has 1 fully saturated rings. The van der Waals surface area contributed by atoms with Crippen LogP contribution >= 0.6 is 0 Å². The lowest BCUT2D eigenvalue weighted by Crippen LogP contribution is -2.34. The number of aromatic nitrogens is 2. The van der Waals surface area contributed by atoms with Crippen molar-refractivity contribution >= 4 is 21.4 Å². The topological polar surface area (TPSA) is 101 Å². The minimum atomic E-state index is -3.30. The van der Waals surface area contributed by atoms with Gasteiger partial charge in [-0.15, -0.1) is 0 Å². The fourth-order valence-corrected chi connectivity index (χ4v) is 2.99. The molecule has 1 aliphatic rings. The van der Waals surface area contributed by atoms with Gasteiger partial charge in [0.05, 0.1) is 11.9 Å². The zero-order valence-electron chi connectivity index (χ0n) is 12.7. The SMILES string of the molecule is Cn1ncc(N2CC[C@H](CNC(=O)CS(C)(=O)=O)C2)cc1=O. The second kappa shape index (κ2) is 6.47. The molecule has 0 aliphatic carbocycles. The Morgan fingerprint density at radius 1 is 1.50 bits per heavy atom. The standard InChI is InChI=1S/C13H20N4O4S/c1-16-13(19)5-11(7-15-16)17-4-3-10(8-17)6-14-12(18)9-22(2,20)21/h5,7,10H,3-4,6,8-9H2,1-2H3,(H,14,18)/t10-/m1/s1. The molecule has 0 saturated carbocycles. The molecule has 0 bridgehead atoms. The van der Waals surface area contributed by atoms with Gasteiger partial charge < -0.3 is 10.2 Å². The minimum Gasteiger partial charge on any atom is -0.370 e. The Morgan fingerprint density at radius 2 is 2.23 bits per heavy atom. The van der Waals surface area contributed by atoms with Crippen LogP contribution in [0.2, 0.25) is 0 Å². The third-order valence-corrected chi connectivity index (χ3v) is 4.37. The molecular weight excluding hydrogens is 308 g/mol. The van der Waals surface area contributed by atoms with Crippen molar-refractivity contribution < 1.29 is 13.2 Å². The lowest BCUT2D eigenvalue weighted by atomic mass is 10.1. The molecule has 9 heteroatoms. The summed E-state index contributed by atoms with van der Waals surface area (Å²) >= 11 is 0. The molecule has 8 nitrogen and oxygen atoms in total. The predicted octanol–water partition coefficient (Wildman–Crippen LogP) is -1.23. The number of aryl methyl sites for hydroxylation is 1. The summed E-state index contributed by atoms with van der Waals surface area (Å²) in [7, 11) is -1.71. The number of carbonyl (C=O) groups excluding carboxylic acids is 1. The van der Waals surface area contributed by atoms with Gasteiger partial charge in [-0.2, -0.15) is 5.10 Å². The van der Waals surface area contributed by atoms with E-state index in [2.05, 4.69) is 10.4 Å². The average Bonchev–Trinajstić information content (AvgIpc) is 2.86. The first-order chi connectivity index (χ1) is 10.2. The van der Waals surface area contributed by atoms with Crippen LogP contribution in [0.15, 0.2) is 17.1 Å². The van der Waals surface area contributed by atoms with E-state index in [0.29, 0.717) is 13.1 Å². The smallest absolute Gasteiger partial charge is 0.268 e. The van der Waals surface area contributed by atoms with Crippen LogP contribution < -0.4 is 15.8 Å². The summed E-state index contributed by atoms with van der Waals surface area (Å²) in [5, 5.41) is 6.64. The lowest BCUT2D eigenvalue weighted by Gasteiger charge is -2.18. The molecular formula is C13H20N4O4S. The third-order valence-electron chi connectivity index (χ3n) is 3.59. The Morgan fingerprint density at radius 3 is 2.86 bits per heavy atom. The zero-order chi connectivity index (χ0) is 16.3. The Kier molecular flexibility index (Phi) is 4.84. The number of rotatable bonds is 5. The van der Waals surface area contributed by atoms with Crippen LogP contribution in [-0.2, 0) is 21.7 Å². The van der Waals surface area contributed by atoms with Crippen molar-refractivity contribution in [3.63, 3.8) is 0 Å². The third kappa shape index (κ3) is 4.55. The van der Waals surface area contributed by atoms with Crippen LogP contribution in [0.4, 0.5) is 5.69 Å². The predicted molar refractivity (Wildman–Crippen MR) is 82.5 cm³/mol. The maximum Gasteiger partial charge on any atom is 0.268 e. The van der Waals surface area contributed by atoms with E-state index in [1.54, 1.807) is 13.2 Å². The quantitative estimate of drug-likeness (QED) is 0.726. The van der Waals surface area contributed by atoms with Crippen LogP contribution in [0.5, 0.6) is 0 Å². The molecule has 2 heterocycles. The Balaban J connectivity index is 1.86. The molecule has 1 aromatic rings. The van der Waals surface area contributed by atoms with Crippen LogP contribution in [-0.4, -0.2) is 55.7 Å². The Labute approximate surface area is 129 Å². The molecule has 22 heavy (non-hydrogen) atoms. The Hall–Kier alpha value is -1.90. The number of hydrogen-bond acceptors (Lipinski definition) is 6. The molecule has 0 spiro atoms. The first-order valence-electron chi connectivity index (χ1n) is 6.97. The summed E-state index contributed by atoms with van der Waals surface area (Å²) in [5.41, 5.74) is 0.607. The fraction of sp³-hybridized carbons (Fsp3) is 0.615. The van der Waals surface area contributed by atoms with E-state index in [1.807, 2.05) is 4.90 Å². The molecule has 1 aliphatic heterocycles. The summed E-state index contributed by atoms with van der Waals surface area (Å²) in [6.45, 7) is 1.92. The van der Waals surface area contributed by atoms with E-state index in [9.17, 15) is 18.0 Å². The van der Waals surface area contributed by atoms with E-state index in [0.717, 1.165) is 24.9 Å². The van der Waals surface area contributed by atoms with Crippen LogP contribution in [0.25, 0.3) is 0 Å². The molecule has 0 aromatic carbocycles. The van der Waals surface area contributed by atoms with Crippen LogP contribution in [0.3, 0.4) is 0 Å². The number of nitrogens with zero attached hydrogens (tertiary/aromatic N) is 3. The lowest BCUT2D eigenvalue weighted by molar-refractivity contribution is -0.118. The second-order valence-electron chi connectivity index (χ2n) is 5.65. The van der Waals surface area contributed by atoms with Gasteiger partial charge >= 0.3 is 0 Å². The van der Waals surface area contributed by atoms with Gasteiger partial charge in [-0.1, -0.05) is 0 Å². The van der Waals surface area contributed by atoms with Gasteiger partial charge in [0.1, 0.15) is 5.75 Å². The highest BCUT2D eigenvalue weighted by Gasteiger charge is 2.24. The number of anilines is 1. The molecule has 0 unspecified atom stereocenters. The Bertz CT molecular complexity index is 713. The number of hydrogen-bond donors (Lipinski definition) is 1. The normalized spacial score (nSPS) is 18.5. The number of carbonyl (C=O) groups is 1. The molecule has 2 rings (SSSR count). The summed E-state index contributed by atoms with van der Waals surface area (Å²) in [5.74, 6) is -0.731. The maximum atomic E-state index is 11.6. The van der Waals surface area contributed by atoms with Crippen molar-refractivity contribution in [1.82, 2.24) is 15.1 Å². The highest BCUT2D eigenvalue weighted by atomic mass is 32.2. The number of sulfone groups is 1. The maximum absolute atomic E-state index is 11.6. The van der Waals surface area contributed by atoms with Crippen molar-refractivity contribution in [2.24, 2.45) is 13.0 Å². The van der Waals surface area contributed by atoms with Crippen LogP contribution in [0.1, 0.15) is 6.42 Å². The molecule has 1 amide bonds. The van der Waals surface area contributed by atoms with E-state index in [-0.39, 0.29) is 11.5 Å². The molecule has 1 N–H and O–H groups in total. The molecule has 1 aromatic heterocycles. The van der Waals surface area contributed by atoms with Gasteiger partial charge in [0.25, 0.3) is 5.56 Å². The van der Waals surface area contributed by atoms with Gasteiger partial charge in [0.15, 0.2) is 9.84 Å². The van der Waals surface area contributed by atoms with Gasteiger partial charge in [0, 0.05) is 39.0 Å². The number of nitrogens with one attached hydrogen (secondary N) is 1. The van der Waals surface area contributed by atoms with Crippen molar-refractivity contribution in [3.05, 3.63) is 22.6 Å². The summed E-state index contributed by atoms with van der Waals surface area (Å²) in [6.07, 6.45) is 3.55. The molecule has 0 radical (unpaired) electrons. The van der Waals surface area contributed by atoms with E-state index >= 15 is 0 Å². The van der Waals surface area contributed by atoms with E-state index in [1.165, 1.54) is 10.7 Å². The van der Waals surface area contributed by atoms with Gasteiger partial charge in [-0.3, -0.25) is 9.59 Å². The highest BCUT2D eigenvalue weighted by molar-refractivity contribution is 7.91. The number of amides is 1. The van der Waals surface area contributed by atoms with Gasteiger partial charge in [0.2, 0.25) is 5.91 Å². The van der Waals surface area contributed by atoms with E-state index < -0.39 is 21.5 Å². The first kappa shape index (κ1) is 16.5. The monoisotopic (exact) mass is 328 g/mol. The van der Waals surface area contributed by atoms with Crippen molar-refractivity contribution in [3.8, 4) is 0 Å². The molecule has 1 atom stereocenters. The summed E-state index contributed by atoms with van der Waals surface area (Å²) in [4.78, 5) is 25.1. The summed E-state index contributed by atoms with van der Waals surface area (Å²) in [6, 6.07) is 1.54. The van der Waals surface area contributed by atoms with Gasteiger partial charge in [-0.05, 0) is 12.3 Å². The largest absolute Gasteiger partial charge is 0.370 e. The highest BCUT2D eigenvalue weighted by Crippen LogP contribution is 2.21. The molecule has 122 valence electrons. The van der Waals surface area contributed by atoms with Crippen LogP contribution in [0, 0.1) is 5.92 Å². The summed E-state index contributed by atoms with van der Waals surface area (Å²) < 4.78 is 23.3. The van der Waals surface area contributed by atoms with Crippen molar-refractivity contribution in [1.29, 1.82) is 0 Å². The zero-order valence-corrected chi connectivity index (χ0v) is 13.5. The van der Waals surface area contributed by atoms with Gasteiger partial charge in [-0.25, -0.2) is 13.1 Å². The first-order valence-corrected chi connectivity index (χ1v) is 9.03. The van der Waals surface area contributed by atoms with E-state index in [4.69, 9.17) is 0 Å². The average molecular weight is 328 g/mol.